The van der Waals surface area contributed by atoms with E-state index in [0.29, 0.717) is 22.8 Å². The number of Topliss-reactive ketones (excluding diaryl/α,β-unsaturated/α-hetero) is 1. The van der Waals surface area contributed by atoms with Crippen LogP contribution in [0.25, 0.3) is 10.9 Å². The number of hydrogen-bond acceptors (Lipinski definition) is 9. The van der Waals surface area contributed by atoms with Crippen molar-refractivity contribution in [2.45, 2.75) is 6.42 Å². The number of benzene rings is 3. The number of carbonyl (C=O) groups excluding carboxylic acids is 1. The Hall–Kier alpha value is -5.18. The highest BCUT2D eigenvalue weighted by atomic mass is 16.1. The molecule has 5 rings (SSSR count). The highest BCUT2D eigenvalue weighted by Crippen LogP contribution is 2.27. The lowest BCUT2D eigenvalue weighted by Gasteiger charge is -2.11. The second-order valence-corrected chi connectivity index (χ2v) is 8.30. The van der Waals surface area contributed by atoms with Crippen LogP contribution >= 0.6 is 0 Å². The Morgan fingerprint density at radius 3 is 2.44 bits per heavy atom. The lowest BCUT2D eigenvalue weighted by Crippen LogP contribution is -2.05. The molecule has 5 aromatic rings. The van der Waals surface area contributed by atoms with Gasteiger partial charge < -0.3 is 27.8 Å². The van der Waals surface area contributed by atoms with Gasteiger partial charge in [-0.3, -0.25) is 9.78 Å². The minimum atomic E-state index is -0.00308. The van der Waals surface area contributed by atoms with Gasteiger partial charge in [0.15, 0.2) is 5.78 Å². The Labute approximate surface area is 207 Å². The summed E-state index contributed by atoms with van der Waals surface area (Å²) in [6.07, 6.45) is 2.03. The number of hydrogen-bond donors (Lipinski definition) is 5. The average molecular weight is 477 g/mol. The largest absolute Gasteiger partial charge is 0.399 e. The number of nitrogens with one attached hydrogen (secondary N) is 2. The number of carbonyl (C=O) groups is 1. The lowest BCUT2D eigenvalue weighted by molar-refractivity contribution is 0.0993. The number of nitrogens with two attached hydrogens (primary N) is 3. The van der Waals surface area contributed by atoms with E-state index in [1.807, 2.05) is 60.7 Å². The molecule has 2 aromatic heterocycles. The maximum absolute atomic E-state index is 13.0. The molecule has 0 fully saturated rings. The highest BCUT2D eigenvalue weighted by molar-refractivity contribution is 5.98. The molecule has 9 heteroatoms. The first kappa shape index (κ1) is 22.6. The molecule has 0 radical (unpaired) electrons. The van der Waals surface area contributed by atoms with Gasteiger partial charge in [-0.25, -0.2) is 0 Å². The normalized spacial score (nSPS) is 10.8. The van der Waals surface area contributed by atoms with E-state index in [9.17, 15) is 4.79 Å². The molecular weight excluding hydrogens is 452 g/mol. The quantitative estimate of drug-likeness (QED) is 0.166. The predicted octanol–water partition coefficient (Wildman–Crippen LogP) is 4.68. The van der Waals surface area contributed by atoms with Gasteiger partial charge in [0.25, 0.3) is 0 Å². The Morgan fingerprint density at radius 1 is 0.806 bits per heavy atom. The van der Waals surface area contributed by atoms with E-state index in [0.717, 1.165) is 27.8 Å². The summed E-state index contributed by atoms with van der Waals surface area (Å²) in [4.78, 5) is 25.3. The summed E-state index contributed by atoms with van der Waals surface area (Å²) < 4.78 is 0. The zero-order chi connectivity index (χ0) is 25.1. The summed E-state index contributed by atoms with van der Waals surface area (Å²) in [7, 11) is 0. The van der Waals surface area contributed by atoms with E-state index >= 15 is 0 Å². The van der Waals surface area contributed by atoms with E-state index in [-0.39, 0.29) is 24.0 Å². The van der Waals surface area contributed by atoms with Gasteiger partial charge in [-0.2, -0.15) is 9.97 Å². The molecule has 0 saturated heterocycles. The Balaban J connectivity index is 1.27. The first-order valence-electron chi connectivity index (χ1n) is 11.2. The molecule has 3 aromatic carbocycles. The fourth-order valence-electron chi connectivity index (χ4n) is 3.89. The first-order valence-corrected chi connectivity index (χ1v) is 11.2. The van der Waals surface area contributed by atoms with Crippen LogP contribution in [0, 0.1) is 0 Å². The summed E-state index contributed by atoms with van der Waals surface area (Å²) in [6, 6.07) is 24.1. The fraction of sp³-hybridized carbons (Fsp3) is 0.0370. The van der Waals surface area contributed by atoms with Gasteiger partial charge in [-0.1, -0.05) is 24.3 Å². The van der Waals surface area contributed by atoms with Crippen molar-refractivity contribution < 1.29 is 4.79 Å². The molecule has 0 spiro atoms. The van der Waals surface area contributed by atoms with Gasteiger partial charge in [-0.05, 0) is 54.1 Å². The van der Waals surface area contributed by atoms with Gasteiger partial charge in [0, 0.05) is 52.4 Å². The van der Waals surface area contributed by atoms with Gasteiger partial charge in [0.2, 0.25) is 5.95 Å². The van der Waals surface area contributed by atoms with Crippen LogP contribution in [0.5, 0.6) is 0 Å². The van der Waals surface area contributed by atoms with Crippen LogP contribution in [-0.2, 0) is 6.42 Å². The molecule has 9 nitrogen and oxygen atoms in total. The fourth-order valence-corrected chi connectivity index (χ4v) is 3.89. The number of pyridine rings is 1. The third-order valence-corrected chi connectivity index (χ3v) is 5.58. The molecule has 0 aliphatic carbocycles. The van der Waals surface area contributed by atoms with Crippen molar-refractivity contribution in [1.29, 1.82) is 0 Å². The number of nitrogens with zero attached hydrogens (tertiary/aromatic N) is 3. The van der Waals surface area contributed by atoms with Gasteiger partial charge >= 0.3 is 0 Å². The standard InChI is InChI=1S/C27H24N8O/c28-18-6-9-22-21(14-18)23(10-11-31-22)32-19-7-4-16(5-8-19)12-24(36)17-2-1-3-20(13-17)33-26-15-25(29)34-27(30)35-26/h1-11,13-15H,12,28H2,(H,31,32)(H5,29,30,33,34,35). The number of rotatable bonds is 7. The van der Waals surface area contributed by atoms with Crippen LogP contribution in [0.4, 0.5) is 40.3 Å². The first-order chi connectivity index (χ1) is 17.4. The molecule has 178 valence electrons. The maximum atomic E-state index is 13.0. The summed E-state index contributed by atoms with van der Waals surface area (Å²) in [6.45, 7) is 0. The third-order valence-electron chi connectivity index (χ3n) is 5.58. The van der Waals surface area contributed by atoms with E-state index in [2.05, 4.69) is 25.6 Å². The van der Waals surface area contributed by atoms with Crippen molar-refractivity contribution in [2.75, 3.05) is 27.8 Å². The molecule has 0 aliphatic rings. The molecule has 0 atom stereocenters. The van der Waals surface area contributed by atoms with E-state index in [1.54, 1.807) is 24.4 Å². The zero-order valence-corrected chi connectivity index (χ0v) is 19.3. The zero-order valence-electron chi connectivity index (χ0n) is 19.3. The summed E-state index contributed by atoms with van der Waals surface area (Å²) in [5, 5.41) is 7.46. The topological polar surface area (TPSA) is 158 Å². The molecule has 8 N–H and O–H groups in total. The number of nitrogen functional groups attached to an aromatic ring is 3. The summed E-state index contributed by atoms with van der Waals surface area (Å²) in [5.74, 6) is 0.786. The number of aromatic nitrogens is 3. The Morgan fingerprint density at radius 2 is 1.64 bits per heavy atom. The molecule has 0 saturated carbocycles. The Kier molecular flexibility index (Phi) is 6.02. The predicted molar refractivity (Wildman–Crippen MR) is 144 cm³/mol. The lowest BCUT2D eigenvalue weighted by atomic mass is 10.0. The van der Waals surface area contributed by atoms with Gasteiger partial charge in [0.05, 0.1) is 5.52 Å². The van der Waals surface area contributed by atoms with Crippen LogP contribution in [0.15, 0.2) is 85.1 Å². The van der Waals surface area contributed by atoms with Crippen molar-refractivity contribution in [3.05, 3.63) is 96.2 Å². The number of ketones is 1. The SMILES string of the molecule is Nc1ccc2nccc(Nc3ccc(CC(=O)c4cccc(Nc5cc(N)nc(N)n5)c4)cc3)c2c1. The molecule has 0 amide bonds. The second-order valence-electron chi connectivity index (χ2n) is 8.30. The monoisotopic (exact) mass is 476 g/mol. The van der Waals surface area contributed by atoms with E-state index in [4.69, 9.17) is 17.2 Å². The van der Waals surface area contributed by atoms with Crippen LogP contribution in [-0.4, -0.2) is 20.7 Å². The van der Waals surface area contributed by atoms with Gasteiger partial charge in [-0.15, -0.1) is 0 Å². The van der Waals surface area contributed by atoms with Crippen LogP contribution in [0.2, 0.25) is 0 Å². The van der Waals surface area contributed by atoms with Crippen molar-refractivity contribution in [2.24, 2.45) is 0 Å². The minimum absolute atomic E-state index is 0.00308. The van der Waals surface area contributed by atoms with Crippen LogP contribution in [0.1, 0.15) is 15.9 Å². The molecule has 0 unspecified atom stereocenters. The minimum Gasteiger partial charge on any atom is -0.399 e. The molecule has 36 heavy (non-hydrogen) atoms. The molecule has 0 aliphatic heterocycles. The number of fused-ring (bicyclic) bond motifs is 1. The summed E-state index contributed by atoms with van der Waals surface area (Å²) in [5.41, 5.74) is 22.9. The van der Waals surface area contributed by atoms with Gasteiger partial charge in [0.1, 0.15) is 11.6 Å². The summed E-state index contributed by atoms with van der Waals surface area (Å²) >= 11 is 0. The highest BCUT2D eigenvalue weighted by Gasteiger charge is 2.10. The number of anilines is 7. The van der Waals surface area contributed by atoms with Crippen molar-refractivity contribution in [3.8, 4) is 0 Å². The van der Waals surface area contributed by atoms with E-state index in [1.165, 1.54) is 0 Å². The van der Waals surface area contributed by atoms with Crippen LogP contribution < -0.4 is 27.8 Å². The Bertz CT molecular complexity index is 1550. The molecule has 0 bridgehead atoms. The van der Waals surface area contributed by atoms with Crippen molar-refractivity contribution in [1.82, 2.24) is 15.0 Å². The molecule has 2 heterocycles. The van der Waals surface area contributed by atoms with Crippen LogP contribution in [0.3, 0.4) is 0 Å². The average Bonchev–Trinajstić information content (AvgIpc) is 2.85. The maximum Gasteiger partial charge on any atom is 0.223 e. The smallest absolute Gasteiger partial charge is 0.223 e. The molecular formula is C27H24N8O. The van der Waals surface area contributed by atoms with Crippen molar-refractivity contribution in [3.63, 3.8) is 0 Å². The third kappa shape index (κ3) is 5.15. The second kappa shape index (κ2) is 9.59. The van der Waals surface area contributed by atoms with E-state index < -0.39 is 0 Å². The van der Waals surface area contributed by atoms with Crippen molar-refractivity contribution >= 4 is 57.0 Å².